The first-order valence-corrected chi connectivity index (χ1v) is 13.7. The van der Waals surface area contributed by atoms with E-state index < -0.39 is 5.82 Å². The van der Waals surface area contributed by atoms with Crippen LogP contribution in [0.25, 0.3) is 17.2 Å². The molecular formula is C29H29FN2O2S. The van der Waals surface area contributed by atoms with Crippen molar-refractivity contribution in [1.29, 1.82) is 0 Å². The molecule has 2 aromatic rings. The largest absolute Gasteiger partial charge is 0.505 e. The van der Waals surface area contributed by atoms with E-state index >= 15 is 4.39 Å². The monoisotopic (exact) mass is 488 g/mol. The number of aromatic hydroxyl groups is 1. The van der Waals surface area contributed by atoms with Crippen LogP contribution >= 0.6 is 11.8 Å². The second kappa shape index (κ2) is 7.95. The molecule has 0 atom stereocenters. The zero-order valence-corrected chi connectivity index (χ0v) is 20.5. The molecule has 5 fully saturated rings. The van der Waals surface area contributed by atoms with E-state index in [1.165, 1.54) is 37.1 Å². The summed E-state index contributed by atoms with van der Waals surface area (Å²) in [7, 11) is 0. The second-order valence-electron chi connectivity index (χ2n) is 11.3. The van der Waals surface area contributed by atoms with E-state index in [9.17, 15) is 9.90 Å². The second-order valence-corrected chi connectivity index (χ2v) is 12.3. The molecule has 0 unspecified atom stereocenters. The van der Waals surface area contributed by atoms with Crippen LogP contribution in [0.15, 0.2) is 46.3 Å². The lowest BCUT2D eigenvalue weighted by Crippen LogP contribution is -2.48. The standard InChI is InChI=1S/C29H29FN2O2S/c30-24-13-22(12-23(26(24)33)29-14-18-7-19(15-29)9-20(8-18)16-29)21-4-1-3-17(10-21)11-25-27(34)31-28(35-25)32-5-2-6-32/h1,3-4,10-13,18-20,33H,2,5-9,14-16H2. The van der Waals surface area contributed by atoms with E-state index in [1.807, 2.05) is 36.4 Å². The van der Waals surface area contributed by atoms with E-state index in [0.717, 1.165) is 66.2 Å². The Bertz CT molecular complexity index is 1260. The molecule has 6 heteroatoms. The van der Waals surface area contributed by atoms with Gasteiger partial charge in [0.15, 0.2) is 16.7 Å². The smallest absolute Gasteiger partial charge is 0.286 e. The molecule has 180 valence electrons. The maximum atomic E-state index is 15.1. The third kappa shape index (κ3) is 3.64. The van der Waals surface area contributed by atoms with Crippen LogP contribution in [0.1, 0.15) is 56.1 Å². The summed E-state index contributed by atoms with van der Waals surface area (Å²) < 4.78 is 15.1. The van der Waals surface area contributed by atoms with Gasteiger partial charge in [0.2, 0.25) is 0 Å². The number of hydrogen-bond donors (Lipinski definition) is 1. The summed E-state index contributed by atoms with van der Waals surface area (Å²) >= 11 is 1.43. The van der Waals surface area contributed by atoms with Crippen LogP contribution < -0.4 is 0 Å². The van der Waals surface area contributed by atoms with Crippen molar-refractivity contribution < 1.29 is 14.3 Å². The van der Waals surface area contributed by atoms with Crippen LogP contribution in [0.3, 0.4) is 0 Å². The molecule has 2 aromatic carbocycles. The Morgan fingerprint density at radius 3 is 2.40 bits per heavy atom. The normalized spacial score (nSPS) is 32.3. The van der Waals surface area contributed by atoms with Gasteiger partial charge < -0.3 is 10.0 Å². The summed E-state index contributed by atoms with van der Waals surface area (Å²) in [6, 6.07) is 11.4. The minimum Gasteiger partial charge on any atom is -0.505 e. The first-order chi connectivity index (χ1) is 17.0. The molecule has 2 aliphatic heterocycles. The van der Waals surface area contributed by atoms with Crippen LogP contribution in [0.2, 0.25) is 0 Å². The van der Waals surface area contributed by atoms with Crippen molar-refractivity contribution in [2.24, 2.45) is 22.7 Å². The number of phenolic OH excluding ortho intramolecular Hbond substituents is 1. The highest BCUT2D eigenvalue weighted by atomic mass is 32.2. The summed E-state index contributed by atoms with van der Waals surface area (Å²) in [5, 5.41) is 11.7. The fraction of sp³-hybridized carbons (Fsp3) is 0.448. The summed E-state index contributed by atoms with van der Waals surface area (Å²) in [4.78, 5) is 19.4. The maximum Gasteiger partial charge on any atom is 0.286 e. The van der Waals surface area contributed by atoms with Crippen molar-refractivity contribution in [2.75, 3.05) is 13.1 Å². The molecule has 4 aliphatic carbocycles. The number of nitrogens with zero attached hydrogens (tertiary/aromatic N) is 2. The van der Waals surface area contributed by atoms with Gasteiger partial charge in [-0.1, -0.05) is 18.2 Å². The molecule has 0 spiro atoms. The Balaban J connectivity index is 1.22. The van der Waals surface area contributed by atoms with Crippen molar-refractivity contribution in [3.8, 4) is 16.9 Å². The first kappa shape index (κ1) is 21.7. The van der Waals surface area contributed by atoms with Crippen LogP contribution in [0, 0.1) is 23.6 Å². The molecule has 8 rings (SSSR count). The quantitative estimate of drug-likeness (QED) is 0.512. The lowest BCUT2D eigenvalue weighted by Gasteiger charge is -2.57. The number of rotatable bonds is 3. The summed E-state index contributed by atoms with van der Waals surface area (Å²) in [6.45, 7) is 1.92. The third-order valence-corrected chi connectivity index (χ3v) is 9.97. The maximum absolute atomic E-state index is 15.1. The van der Waals surface area contributed by atoms with Crippen molar-refractivity contribution in [1.82, 2.24) is 4.90 Å². The highest BCUT2D eigenvalue weighted by molar-refractivity contribution is 8.18. The Morgan fingerprint density at radius 2 is 1.74 bits per heavy atom. The number of halogens is 1. The fourth-order valence-corrected chi connectivity index (χ4v) is 8.58. The van der Waals surface area contributed by atoms with Gasteiger partial charge >= 0.3 is 0 Å². The Morgan fingerprint density at radius 1 is 1.03 bits per heavy atom. The van der Waals surface area contributed by atoms with Crippen LogP contribution in [0.4, 0.5) is 4.39 Å². The third-order valence-electron chi connectivity index (χ3n) is 8.93. The molecule has 35 heavy (non-hydrogen) atoms. The molecule has 4 bridgehead atoms. The number of amides is 1. The van der Waals surface area contributed by atoms with Crippen LogP contribution in [-0.2, 0) is 10.2 Å². The summed E-state index contributed by atoms with van der Waals surface area (Å²) in [5.41, 5.74) is 3.29. The van der Waals surface area contributed by atoms with E-state index in [-0.39, 0.29) is 17.1 Å². The molecule has 4 saturated carbocycles. The van der Waals surface area contributed by atoms with Gasteiger partial charge in [-0.25, -0.2) is 4.39 Å². The van der Waals surface area contributed by atoms with Gasteiger partial charge in [-0.05, 0) is 121 Å². The van der Waals surface area contributed by atoms with Gasteiger partial charge in [-0.2, -0.15) is 4.99 Å². The highest BCUT2D eigenvalue weighted by Gasteiger charge is 2.52. The lowest BCUT2D eigenvalue weighted by molar-refractivity contribution is -0.113. The average Bonchev–Trinajstić information content (AvgIpc) is 3.12. The van der Waals surface area contributed by atoms with Crippen LogP contribution in [-0.4, -0.2) is 34.2 Å². The SMILES string of the molecule is O=C1N=C(N2CCC2)SC1=Cc1cccc(-c2cc(F)c(O)c(C34CC5CC(CC(C5)C3)C4)c2)c1. The zero-order valence-electron chi connectivity index (χ0n) is 19.7. The number of amidine groups is 1. The van der Waals surface area contributed by atoms with Crippen molar-refractivity contribution in [3.05, 3.63) is 58.2 Å². The zero-order chi connectivity index (χ0) is 23.7. The van der Waals surface area contributed by atoms with Gasteiger partial charge in [-0.3, -0.25) is 4.79 Å². The van der Waals surface area contributed by atoms with Crippen molar-refractivity contribution >= 4 is 28.9 Å². The average molecular weight is 489 g/mol. The minimum absolute atomic E-state index is 0.0905. The van der Waals surface area contributed by atoms with Gasteiger partial charge in [0.05, 0.1) is 4.91 Å². The minimum atomic E-state index is -0.536. The topological polar surface area (TPSA) is 52.9 Å². The number of carbonyl (C=O) groups is 1. The molecular weight excluding hydrogens is 459 g/mol. The molecule has 4 nitrogen and oxygen atoms in total. The molecule has 1 amide bonds. The van der Waals surface area contributed by atoms with Crippen molar-refractivity contribution in [3.63, 3.8) is 0 Å². The molecule has 0 aromatic heterocycles. The first-order valence-electron chi connectivity index (χ1n) is 12.9. The lowest BCUT2D eigenvalue weighted by atomic mass is 9.48. The number of thioether (sulfide) groups is 1. The predicted molar refractivity (Wildman–Crippen MR) is 138 cm³/mol. The van der Waals surface area contributed by atoms with Gasteiger partial charge in [-0.15, -0.1) is 0 Å². The Hall–Kier alpha value is -2.60. The van der Waals surface area contributed by atoms with E-state index in [0.29, 0.717) is 22.7 Å². The molecule has 2 heterocycles. The Labute approximate surface area is 209 Å². The highest BCUT2D eigenvalue weighted by Crippen LogP contribution is 2.62. The number of benzene rings is 2. The number of phenols is 1. The summed E-state index contributed by atoms with van der Waals surface area (Å²) in [5.74, 6) is 1.26. The molecule has 1 N–H and O–H groups in total. The fourth-order valence-electron chi connectivity index (χ4n) is 7.61. The molecule has 1 saturated heterocycles. The van der Waals surface area contributed by atoms with Crippen LogP contribution in [0.5, 0.6) is 5.75 Å². The number of likely N-dealkylation sites (tertiary alicyclic amines) is 1. The number of carbonyl (C=O) groups excluding carboxylic acids is 1. The van der Waals surface area contributed by atoms with Crippen molar-refractivity contribution in [2.45, 2.75) is 50.4 Å². The number of aliphatic imine (C=N–C) groups is 1. The van der Waals surface area contributed by atoms with E-state index in [4.69, 9.17) is 0 Å². The number of hydrogen-bond acceptors (Lipinski definition) is 4. The summed E-state index contributed by atoms with van der Waals surface area (Å²) in [6.07, 6.45) is 10.1. The molecule has 0 radical (unpaired) electrons. The van der Waals surface area contributed by atoms with E-state index in [2.05, 4.69) is 9.89 Å². The predicted octanol–water partition coefficient (Wildman–Crippen LogP) is 6.34. The van der Waals surface area contributed by atoms with Gasteiger partial charge in [0.1, 0.15) is 0 Å². The van der Waals surface area contributed by atoms with E-state index in [1.54, 1.807) is 0 Å². The Kier molecular flexibility index (Phi) is 4.92. The molecule has 6 aliphatic rings. The van der Waals surface area contributed by atoms with Gasteiger partial charge in [0.25, 0.3) is 5.91 Å². The van der Waals surface area contributed by atoms with Gasteiger partial charge in [0, 0.05) is 18.7 Å².